The van der Waals surface area contributed by atoms with E-state index in [1.54, 1.807) is 6.07 Å². The minimum Gasteiger partial charge on any atom is -0.545 e. The maximum Gasteiger partial charge on any atom is 2.00 e. The van der Waals surface area contributed by atoms with Crippen LogP contribution in [0.1, 0.15) is 6.92 Å². The van der Waals surface area contributed by atoms with Crippen LogP contribution in [0.2, 0.25) is 10.0 Å². The smallest absolute Gasteiger partial charge is 0.545 e. The van der Waals surface area contributed by atoms with Crippen LogP contribution in [0.3, 0.4) is 0 Å². The molecule has 135 valence electrons. The number of halogens is 2. The van der Waals surface area contributed by atoms with Gasteiger partial charge in [0.05, 0.1) is 17.0 Å². The molecule has 0 saturated carbocycles. The third-order valence-electron chi connectivity index (χ3n) is 1.48. The molecular formula is C14H12Cl2CuO7. The van der Waals surface area contributed by atoms with Gasteiger partial charge in [0.15, 0.2) is 5.75 Å². The van der Waals surface area contributed by atoms with Crippen LogP contribution in [-0.4, -0.2) is 17.9 Å². The quantitative estimate of drug-likeness (QED) is 0.301. The van der Waals surface area contributed by atoms with Crippen LogP contribution in [0, 0.1) is 0 Å². The van der Waals surface area contributed by atoms with Crippen LogP contribution in [0.25, 0.3) is 0 Å². The Morgan fingerprint density at radius 3 is 1.79 bits per heavy atom. The average Bonchev–Trinajstić information content (AvgIpc) is 2.47. The molecule has 0 heterocycles. The van der Waals surface area contributed by atoms with Gasteiger partial charge in [-0.1, -0.05) is 36.4 Å². The van der Waals surface area contributed by atoms with E-state index < -0.39 is 17.9 Å². The fraction of sp³-hybridized carbons (Fsp3) is 0.0714. The van der Waals surface area contributed by atoms with Crippen molar-refractivity contribution in [1.82, 2.24) is 0 Å². The summed E-state index contributed by atoms with van der Waals surface area (Å²) in [5.74, 6) is -2.76. The number of hydrogen-bond donors (Lipinski definition) is 0. The summed E-state index contributed by atoms with van der Waals surface area (Å²) < 4.78 is 0. The largest absolute Gasteiger partial charge is 2.00 e. The molecule has 1 radical (unpaired) electrons. The SMILES string of the molecule is C=CC(=O)[O-].C=CC(=O)[O-].CC(=O)OOc1ccc(Cl)cc1Cl.[Cu+2]. The third-order valence-corrected chi connectivity index (χ3v) is 2.01. The number of carbonyl (C=O) groups is 3. The zero-order valence-corrected chi connectivity index (χ0v) is 14.7. The topological polar surface area (TPSA) is 116 Å². The molecule has 0 aliphatic carbocycles. The molecule has 0 spiro atoms. The summed E-state index contributed by atoms with van der Waals surface area (Å²) in [5, 5.41) is 19.0. The number of carboxylic acids is 2. The van der Waals surface area contributed by atoms with Crippen molar-refractivity contribution >= 4 is 41.1 Å². The predicted octanol–water partition coefficient (Wildman–Crippen LogP) is 0.692. The van der Waals surface area contributed by atoms with E-state index in [1.807, 2.05) is 0 Å². The van der Waals surface area contributed by atoms with Crippen molar-refractivity contribution in [3.05, 3.63) is 53.6 Å². The van der Waals surface area contributed by atoms with Crippen molar-refractivity contribution in [1.29, 1.82) is 0 Å². The van der Waals surface area contributed by atoms with Crippen LogP contribution < -0.4 is 15.1 Å². The second kappa shape index (κ2) is 15.9. The van der Waals surface area contributed by atoms with Gasteiger partial charge in [-0.25, -0.2) is 4.79 Å². The van der Waals surface area contributed by atoms with Crippen LogP contribution >= 0.6 is 23.2 Å². The Bertz CT molecular complexity index is 558. The molecule has 0 fully saturated rings. The van der Waals surface area contributed by atoms with E-state index in [0.717, 1.165) is 12.2 Å². The van der Waals surface area contributed by atoms with Gasteiger partial charge in [-0.2, -0.15) is 0 Å². The number of carbonyl (C=O) groups excluding carboxylic acids is 3. The van der Waals surface area contributed by atoms with Gasteiger partial charge in [0.25, 0.3) is 0 Å². The Morgan fingerprint density at radius 1 is 1.08 bits per heavy atom. The van der Waals surface area contributed by atoms with Gasteiger partial charge in [0.1, 0.15) is 0 Å². The molecule has 1 aromatic carbocycles. The van der Waals surface area contributed by atoms with E-state index in [-0.39, 0.29) is 27.8 Å². The zero-order chi connectivity index (χ0) is 18.4. The van der Waals surface area contributed by atoms with E-state index in [1.165, 1.54) is 19.1 Å². The molecule has 10 heteroatoms. The van der Waals surface area contributed by atoms with Crippen LogP contribution in [-0.2, 0) is 36.3 Å². The molecule has 7 nitrogen and oxygen atoms in total. The molecule has 0 aromatic heterocycles. The van der Waals surface area contributed by atoms with Crippen molar-refractivity contribution < 1.29 is 51.4 Å². The first kappa shape index (κ1) is 26.9. The maximum absolute atomic E-state index is 10.4. The van der Waals surface area contributed by atoms with E-state index in [4.69, 9.17) is 43.0 Å². The van der Waals surface area contributed by atoms with Crippen LogP contribution in [0.4, 0.5) is 0 Å². The maximum atomic E-state index is 10.4. The fourth-order valence-electron chi connectivity index (χ4n) is 0.646. The van der Waals surface area contributed by atoms with Gasteiger partial charge in [-0.15, -0.1) is 0 Å². The van der Waals surface area contributed by atoms with Gasteiger partial charge < -0.3 is 19.8 Å². The molecule has 0 atom stereocenters. The van der Waals surface area contributed by atoms with Gasteiger partial charge >= 0.3 is 23.0 Å². The number of benzene rings is 1. The second-order valence-corrected chi connectivity index (χ2v) is 4.12. The predicted molar refractivity (Wildman–Crippen MR) is 79.3 cm³/mol. The minimum absolute atomic E-state index is 0. The van der Waals surface area contributed by atoms with Gasteiger partial charge in [-0.05, 0) is 30.4 Å². The van der Waals surface area contributed by atoms with Crippen molar-refractivity contribution in [2.45, 2.75) is 6.92 Å². The summed E-state index contributed by atoms with van der Waals surface area (Å²) >= 11 is 11.3. The van der Waals surface area contributed by atoms with Gasteiger partial charge in [0, 0.05) is 11.9 Å². The molecule has 0 amide bonds. The Labute approximate surface area is 158 Å². The van der Waals surface area contributed by atoms with E-state index in [0.29, 0.717) is 5.02 Å². The number of aliphatic carboxylic acids is 2. The van der Waals surface area contributed by atoms with Gasteiger partial charge in [-0.3, -0.25) is 9.78 Å². The third kappa shape index (κ3) is 18.1. The molecule has 24 heavy (non-hydrogen) atoms. The number of rotatable bonds is 4. The molecular weight excluding hydrogens is 415 g/mol. The summed E-state index contributed by atoms with van der Waals surface area (Å²) in [6, 6.07) is 4.57. The van der Waals surface area contributed by atoms with E-state index >= 15 is 0 Å². The minimum atomic E-state index is -1.23. The molecule has 0 aliphatic heterocycles. The molecule has 1 aromatic rings. The first-order valence-electron chi connectivity index (χ1n) is 5.61. The fourth-order valence-corrected chi connectivity index (χ4v) is 1.09. The van der Waals surface area contributed by atoms with Crippen molar-refractivity contribution in [2.75, 3.05) is 0 Å². The molecule has 0 saturated heterocycles. The zero-order valence-electron chi connectivity index (χ0n) is 12.2. The normalized spacial score (nSPS) is 7.79. The standard InChI is InChI=1S/C8H6Cl2O3.2C3H4O2.Cu/c1-5(11)12-13-8-3-2-6(9)4-7(8)10;2*1-2-3(4)5;/h2-4H,1H3;2*2H,1H2,(H,4,5);/q;;;+2/p-2. The van der Waals surface area contributed by atoms with Crippen molar-refractivity contribution in [3.8, 4) is 5.75 Å². The van der Waals surface area contributed by atoms with Crippen molar-refractivity contribution in [3.63, 3.8) is 0 Å². The first-order chi connectivity index (χ1) is 10.6. The first-order valence-corrected chi connectivity index (χ1v) is 6.36. The Morgan fingerprint density at radius 2 is 1.50 bits per heavy atom. The molecule has 1 rings (SSSR count). The summed E-state index contributed by atoms with van der Waals surface area (Å²) in [6.45, 7) is 7.02. The monoisotopic (exact) mass is 425 g/mol. The van der Waals surface area contributed by atoms with E-state index in [2.05, 4.69) is 22.9 Å². The Hall–Kier alpha value is -1.99. The summed E-state index contributed by atoms with van der Waals surface area (Å²) in [6.07, 6.45) is 1.44. The molecule has 0 bridgehead atoms. The Balaban J connectivity index is -0.000000337. The average molecular weight is 427 g/mol. The van der Waals surface area contributed by atoms with E-state index in [9.17, 15) is 4.79 Å². The molecule has 0 unspecified atom stereocenters. The van der Waals surface area contributed by atoms with Crippen molar-refractivity contribution in [2.24, 2.45) is 0 Å². The number of carboxylic acid groups (broad SMARTS) is 2. The van der Waals surface area contributed by atoms with Crippen LogP contribution in [0.5, 0.6) is 5.75 Å². The summed E-state index contributed by atoms with van der Waals surface area (Å²) in [7, 11) is 0. The summed E-state index contributed by atoms with van der Waals surface area (Å²) in [4.78, 5) is 37.6. The van der Waals surface area contributed by atoms with Crippen LogP contribution in [0.15, 0.2) is 43.5 Å². The summed E-state index contributed by atoms with van der Waals surface area (Å²) in [5.41, 5.74) is 0. The Kier molecular flexibility index (Phi) is 17.8. The van der Waals surface area contributed by atoms with Gasteiger partial charge in [0.2, 0.25) is 0 Å². The molecule has 0 aliphatic rings. The number of hydrogen-bond acceptors (Lipinski definition) is 7. The molecule has 0 N–H and O–H groups in total. The second-order valence-electron chi connectivity index (χ2n) is 3.28.